The van der Waals surface area contributed by atoms with Crippen molar-refractivity contribution in [1.29, 1.82) is 0 Å². The second kappa shape index (κ2) is 10.9. The number of ether oxygens (including phenoxy) is 1. The van der Waals surface area contributed by atoms with Crippen LogP contribution in [-0.2, 0) is 22.4 Å². The highest BCUT2D eigenvalue weighted by Gasteiger charge is 2.19. The average molecular weight is 481 g/mol. The first kappa shape index (κ1) is 24.9. The van der Waals surface area contributed by atoms with E-state index in [2.05, 4.69) is 20.9 Å². The van der Waals surface area contributed by atoms with Crippen LogP contribution in [0, 0.1) is 0 Å². The second-order valence-electron chi connectivity index (χ2n) is 8.62. The Labute approximate surface area is 202 Å². The molecule has 3 N–H and O–H groups in total. The van der Waals surface area contributed by atoms with E-state index in [0.717, 1.165) is 16.9 Å². The van der Waals surface area contributed by atoms with Crippen LogP contribution in [0.15, 0.2) is 54.6 Å². The number of carbonyl (C=O) groups excluding carboxylic acids is 3. The fraction of sp³-hybridized carbons (Fsp3) is 0.280. The van der Waals surface area contributed by atoms with Crippen molar-refractivity contribution >= 4 is 45.8 Å². The molecule has 178 valence electrons. The summed E-state index contributed by atoms with van der Waals surface area (Å²) >= 11 is 1.15. The Hall–Kier alpha value is -3.72. The van der Waals surface area contributed by atoms with Crippen molar-refractivity contribution in [2.45, 2.75) is 46.1 Å². The zero-order valence-electron chi connectivity index (χ0n) is 19.6. The van der Waals surface area contributed by atoms with Crippen LogP contribution in [0.5, 0.6) is 0 Å². The van der Waals surface area contributed by atoms with E-state index in [1.165, 1.54) is 6.92 Å². The zero-order valence-corrected chi connectivity index (χ0v) is 20.4. The summed E-state index contributed by atoms with van der Waals surface area (Å²) in [7, 11) is 0. The summed E-state index contributed by atoms with van der Waals surface area (Å²) in [4.78, 5) is 41.2. The Morgan fingerprint density at radius 1 is 0.882 bits per heavy atom. The third kappa shape index (κ3) is 7.70. The number of anilines is 3. The van der Waals surface area contributed by atoms with Crippen molar-refractivity contribution in [3.05, 3.63) is 70.7 Å². The Kier molecular flexibility index (Phi) is 8.01. The lowest BCUT2D eigenvalue weighted by Gasteiger charge is -2.19. The van der Waals surface area contributed by atoms with Gasteiger partial charge in [0.25, 0.3) is 5.91 Å². The van der Waals surface area contributed by atoms with Gasteiger partial charge in [0.05, 0.1) is 5.69 Å². The van der Waals surface area contributed by atoms with Crippen LogP contribution in [-0.4, -0.2) is 28.5 Å². The second-order valence-corrected chi connectivity index (χ2v) is 9.62. The van der Waals surface area contributed by atoms with Crippen LogP contribution in [0.4, 0.5) is 21.3 Å². The highest BCUT2D eigenvalue weighted by Crippen LogP contribution is 2.26. The number of carbonyl (C=O) groups is 3. The summed E-state index contributed by atoms with van der Waals surface area (Å²) in [5.74, 6) is -0.518. The summed E-state index contributed by atoms with van der Waals surface area (Å²) in [5, 5.41) is 8.62. The maximum atomic E-state index is 12.9. The van der Waals surface area contributed by atoms with Crippen molar-refractivity contribution in [2.75, 3.05) is 16.0 Å². The minimum Gasteiger partial charge on any atom is -0.444 e. The Morgan fingerprint density at radius 2 is 1.53 bits per heavy atom. The molecular weight excluding hydrogens is 452 g/mol. The van der Waals surface area contributed by atoms with Crippen LogP contribution in [0.1, 0.15) is 48.6 Å². The van der Waals surface area contributed by atoms with Gasteiger partial charge in [0.2, 0.25) is 5.91 Å². The molecule has 0 spiro atoms. The molecule has 0 fully saturated rings. The van der Waals surface area contributed by atoms with Crippen LogP contribution in [0.25, 0.3) is 0 Å². The smallest absolute Gasteiger partial charge is 0.412 e. The highest BCUT2D eigenvalue weighted by atomic mass is 32.1. The van der Waals surface area contributed by atoms with Gasteiger partial charge in [0.1, 0.15) is 10.5 Å². The largest absolute Gasteiger partial charge is 0.444 e. The van der Waals surface area contributed by atoms with Gasteiger partial charge in [-0.1, -0.05) is 41.7 Å². The number of hydrogen-bond acceptors (Lipinski definition) is 6. The van der Waals surface area contributed by atoms with Gasteiger partial charge in [-0.05, 0) is 63.4 Å². The number of rotatable bonds is 7. The molecule has 3 amide bonds. The van der Waals surface area contributed by atoms with Gasteiger partial charge < -0.3 is 15.4 Å². The minimum atomic E-state index is -0.571. The average Bonchev–Trinajstić information content (AvgIpc) is 3.14. The quantitative estimate of drug-likeness (QED) is 0.414. The number of hydrogen-bond donors (Lipinski definition) is 3. The molecule has 34 heavy (non-hydrogen) atoms. The SMILES string of the molecule is CC(=O)Nc1nc(CCc2ccc(NC(=O)OC(C)(C)C)cc2)c(C(=O)Nc2ccccc2)s1. The molecule has 3 rings (SSSR count). The number of thiazole rings is 1. The van der Waals surface area contributed by atoms with Gasteiger partial charge in [-0.15, -0.1) is 0 Å². The minimum absolute atomic E-state index is 0.247. The molecule has 8 nitrogen and oxygen atoms in total. The first-order valence-corrected chi connectivity index (χ1v) is 11.6. The maximum Gasteiger partial charge on any atom is 0.412 e. The molecule has 9 heteroatoms. The Bertz CT molecular complexity index is 1150. The molecule has 0 unspecified atom stereocenters. The number of benzene rings is 2. The number of aryl methyl sites for hydroxylation is 2. The normalized spacial score (nSPS) is 10.9. The van der Waals surface area contributed by atoms with Gasteiger partial charge in [-0.2, -0.15) is 0 Å². The molecule has 1 aromatic heterocycles. The summed E-state index contributed by atoms with van der Waals surface area (Å²) in [6.45, 7) is 6.82. The first-order chi connectivity index (χ1) is 16.1. The predicted molar refractivity (Wildman–Crippen MR) is 135 cm³/mol. The van der Waals surface area contributed by atoms with Crippen molar-refractivity contribution in [2.24, 2.45) is 0 Å². The monoisotopic (exact) mass is 480 g/mol. The van der Waals surface area contributed by atoms with Crippen molar-refractivity contribution in [1.82, 2.24) is 4.98 Å². The van der Waals surface area contributed by atoms with Gasteiger partial charge in [-0.3, -0.25) is 14.9 Å². The van der Waals surface area contributed by atoms with Gasteiger partial charge in [0.15, 0.2) is 5.13 Å². The lowest BCUT2D eigenvalue weighted by Crippen LogP contribution is -2.27. The van der Waals surface area contributed by atoms with Gasteiger partial charge in [-0.25, -0.2) is 9.78 Å². The molecule has 0 aliphatic carbocycles. The highest BCUT2D eigenvalue weighted by molar-refractivity contribution is 7.17. The first-order valence-electron chi connectivity index (χ1n) is 10.8. The Morgan fingerprint density at radius 3 is 2.15 bits per heavy atom. The Balaban J connectivity index is 1.68. The standard InChI is InChI=1S/C25H28N4O4S/c1-16(30)26-23-29-20(21(34-23)22(31)27-18-8-6-5-7-9-18)15-12-17-10-13-19(14-11-17)28-24(32)33-25(2,3)4/h5-11,13-14H,12,15H2,1-4H3,(H,27,31)(H,28,32)(H,26,29,30). The van der Waals surface area contributed by atoms with Gasteiger partial charge in [0, 0.05) is 18.3 Å². The number of aromatic nitrogens is 1. The zero-order chi connectivity index (χ0) is 24.7. The van der Waals surface area contributed by atoms with Crippen molar-refractivity contribution < 1.29 is 19.1 Å². The molecule has 1 heterocycles. The molecule has 3 aromatic rings. The van der Waals surface area contributed by atoms with Crippen molar-refractivity contribution in [3.8, 4) is 0 Å². The van der Waals surface area contributed by atoms with Crippen LogP contribution >= 0.6 is 11.3 Å². The van der Waals surface area contributed by atoms with E-state index < -0.39 is 11.7 Å². The van der Waals surface area contributed by atoms with E-state index in [9.17, 15) is 14.4 Å². The van der Waals surface area contributed by atoms with E-state index in [-0.39, 0.29) is 11.8 Å². The lowest BCUT2D eigenvalue weighted by molar-refractivity contribution is -0.114. The van der Waals surface area contributed by atoms with Gasteiger partial charge >= 0.3 is 6.09 Å². The predicted octanol–water partition coefficient (Wildman–Crippen LogP) is 5.49. The third-order valence-corrected chi connectivity index (χ3v) is 5.48. The van der Waals surface area contributed by atoms with E-state index in [1.54, 1.807) is 45.0 Å². The summed E-state index contributed by atoms with van der Waals surface area (Å²) in [6, 6.07) is 16.6. The van der Waals surface area contributed by atoms with E-state index in [1.807, 2.05) is 30.3 Å². The molecule has 0 aliphatic rings. The summed E-state index contributed by atoms with van der Waals surface area (Å²) in [6.07, 6.45) is 0.621. The van der Waals surface area contributed by atoms with Crippen LogP contribution < -0.4 is 16.0 Å². The number of amides is 3. The van der Waals surface area contributed by atoms with Crippen LogP contribution in [0.3, 0.4) is 0 Å². The molecule has 0 bridgehead atoms. The third-order valence-electron chi connectivity index (χ3n) is 4.47. The molecule has 0 saturated carbocycles. The van der Waals surface area contributed by atoms with E-state index in [0.29, 0.717) is 39.9 Å². The molecule has 0 aliphatic heterocycles. The summed E-state index contributed by atoms with van der Waals surface area (Å²) < 4.78 is 5.26. The number of para-hydroxylation sites is 1. The van der Waals surface area contributed by atoms with Crippen molar-refractivity contribution in [3.63, 3.8) is 0 Å². The topological polar surface area (TPSA) is 109 Å². The molecule has 2 aromatic carbocycles. The maximum absolute atomic E-state index is 12.9. The van der Waals surface area contributed by atoms with E-state index >= 15 is 0 Å². The molecule has 0 saturated heterocycles. The number of nitrogens with zero attached hydrogens (tertiary/aromatic N) is 1. The number of nitrogens with one attached hydrogen (secondary N) is 3. The molecular formula is C25H28N4O4S. The summed E-state index contributed by atoms with van der Waals surface area (Å²) in [5.41, 5.74) is 2.36. The lowest BCUT2D eigenvalue weighted by atomic mass is 10.1. The fourth-order valence-corrected chi connectivity index (χ4v) is 4.00. The molecule has 0 radical (unpaired) electrons. The molecule has 0 atom stereocenters. The van der Waals surface area contributed by atoms with Crippen LogP contribution in [0.2, 0.25) is 0 Å². The van der Waals surface area contributed by atoms with E-state index in [4.69, 9.17) is 4.74 Å². The fourth-order valence-electron chi connectivity index (χ4n) is 3.05.